The van der Waals surface area contributed by atoms with Gasteiger partial charge in [0.25, 0.3) is 5.91 Å². The van der Waals surface area contributed by atoms with E-state index in [0.29, 0.717) is 12.1 Å². The number of halogens is 4. The fourth-order valence-electron chi connectivity index (χ4n) is 2.48. The van der Waals surface area contributed by atoms with E-state index in [9.17, 15) is 22.4 Å². The third-order valence-corrected chi connectivity index (χ3v) is 3.61. The first-order chi connectivity index (χ1) is 12.8. The van der Waals surface area contributed by atoms with Crippen LogP contribution in [0.25, 0.3) is 0 Å². The fourth-order valence-corrected chi connectivity index (χ4v) is 2.48. The van der Waals surface area contributed by atoms with Crippen LogP contribution in [0.1, 0.15) is 34.8 Å². The van der Waals surface area contributed by atoms with Crippen molar-refractivity contribution < 1.29 is 31.8 Å². The van der Waals surface area contributed by atoms with Gasteiger partial charge in [0, 0.05) is 18.0 Å². The van der Waals surface area contributed by atoms with Crippen molar-refractivity contribution in [2.45, 2.75) is 39.9 Å². The molecule has 1 amide bonds. The van der Waals surface area contributed by atoms with E-state index in [1.165, 1.54) is 6.07 Å². The zero-order chi connectivity index (χ0) is 20.0. The van der Waals surface area contributed by atoms with Gasteiger partial charge < -0.3 is 14.8 Å². The molecule has 1 aromatic heterocycles. The molecule has 1 N–H and O–H groups in total. The van der Waals surface area contributed by atoms with Crippen LogP contribution in [-0.4, -0.2) is 24.1 Å². The third-order valence-electron chi connectivity index (χ3n) is 3.61. The van der Waals surface area contributed by atoms with Crippen LogP contribution >= 0.6 is 0 Å². The number of hydrogen-bond donors (Lipinski definition) is 1. The van der Waals surface area contributed by atoms with E-state index in [1.54, 1.807) is 19.3 Å². The molecular formula is C18H18F4N2O3. The number of aromatic nitrogens is 1. The molecule has 0 radical (unpaired) electrons. The highest BCUT2D eigenvalue weighted by Crippen LogP contribution is 2.32. The maximum Gasteiger partial charge on any atom is 0.387 e. The second kappa shape index (κ2) is 9.20. The minimum Gasteiger partial charge on any atom is -0.431 e. The molecule has 0 saturated heterocycles. The summed E-state index contributed by atoms with van der Waals surface area (Å²) in [7, 11) is 0. The first-order valence-corrected chi connectivity index (χ1v) is 8.10. The van der Waals surface area contributed by atoms with Gasteiger partial charge in [-0.3, -0.25) is 9.78 Å². The molecule has 9 heteroatoms. The van der Waals surface area contributed by atoms with Crippen molar-refractivity contribution in [2.75, 3.05) is 5.32 Å². The number of nitrogens with zero attached hydrogens (tertiary/aromatic N) is 1. The number of hydrogen-bond acceptors (Lipinski definition) is 4. The number of benzene rings is 1. The monoisotopic (exact) mass is 386 g/mol. The highest BCUT2D eigenvalue weighted by atomic mass is 19.3. The zero-order valence-corrected chi connectivity index (χ0v) is 14.6. The maximum absolute atomic E-state index is 12.5. The van der Waals surface area contributed by atoms with E-state index in [2.05, 4.69) is 19.8 Å². The summed E-state index contributed by atoms with van der Waals surface area (Å²) in [5.74, 6) is -1.85. The van der Waals surface area contributed by atoms with Gasteiger partial charge in [0.1, 0.15) is 0 Å². The summed E-state index contributed by atoms with van der Waals surface area (Å²) in [4.78, 5) is 16.6. The Hall–Kier alpha value is -2.84. The minimum absolute atomic E-state index is 0.0501. The second-order valence-electron chi connectivity index (χ2n) is 5.61. The lowest BCUT2D eigenvalue weighted by Crippen LogP contribution is -2.15. The highest BCUT2D eigenvalue weighted by molar-refractivity contribution is 6.05. The van der Waals surface area contributed by atoms with Gasteiger partial charge in [0.15, 0.2) is 11.5 Å². The highest BCUT2D eigenvalue weighted by Gasteiger charge is 2.18. The van der Waals surface area contributed by atoms with Crippen molar-refractivity contribution in [1.82, 2.24) is 4.98 Å². The molecule has 1 heterocycles. The van der Waals surface area contributed by atoms with Crippen LogP contribution in [0.4, 0.5) is 23.2 Å². The largest absolute Gasteiger partial charge is 0.431 e. The SMILES string of the molecule is CCCc1cncc(C)c1NC(=O)c1ccc(OC(F)F)c(OC(F)F)c1. The smallest absolute Gasteiger partial charge is 0.387 e. The number of carbonyl (C=O) groups excluding carboxylic acids is 1. The summed E-state index contributed by atoms with van der Waals surface area (Å²) in [6.45, 7) is -2.74. The van der Waals surface area contributed by atoms with Crippen molar-refractivity contribution in [2.24, 2.45) is 0 Å². The molecule has 0 aliphatic carbocycles. The van der Waals surface area contributed by atoms with Crippen molar-refractivity contribution in [3.05, 3.63) is 47.3 Å². The molecule has 1 aromatic carbocycles. The van der Waals surface area contributed by atoms with Gasteiger partial charge in [0.05, 0.1) is 5.69 Å². The summed E-state index contributed by atoms with van der Waals surface area (Å²) in [5, 5.41) is 2.71. The van der Waals surface area contributed by atoms with Crippen molar-refractivity contribution in [1.29, 1.82) is 0 Å². The molecule has 5 nitrogen and oxygen atoms in total. The minimum atomic E-state index is -3.26. The van der Waals surface area contributed by atoms with Crippen LogP contribution in [0.3, 0.4) is 0 Å². The number of ether oxygens (including phenoxy) is 2. The molecule has 27 heavy (non-hydrogen) atoms. The number of nitrogens with one attached hydrogen (secondary N) is 1. The standard InChI is InChI=1S/C18H18F4N2O3/c1-3-4-12-9-23-8-10(2)15(12)24-16(25)11-5-6-13(26-17(19)20)14(7-11)27-18(21)22/h5-9,17-18H,3-4H2,1-2H3,(H,23,24,25). The van der Waals surface area contributed by atoms with Crippen molar-refractivity contribution in [3.63, 3.8) is 0 Å². The van der Waals surface area contributed by atoms with Gasteiger partial charge in [-0.25, -0.2) is 0 Å². The Bertz CT molecular complexity index is 800. The third kappa shape index (κ3) is 5.57. The predicted octanol–water partition coefficient (Wildman–Crippen LogP) is 4.80. The van der Waals surface area contributed by atoms with E-state index >= 15 is 0 Å². The molecule has 0 aliphatic rings. The van der Waals surface area contributed by atoms with Crippen LogP contribution in [0.2, 0.25) is 0 Å². The number of alkyl halides is 4. The number of amides is 1. The normalized spacial score (nSPS) is 11.0. The first-order valence-electron chi connectivity index (χ1n) is 8.10. The molecular weight excluding hydrogens is 368 g/mol. The van der Waals surface area contributed by atoms with Gasteiger partial charge in [-0.05, 0) is 42.7 Å². The van der Waals surface area contributed by atoms with Crippen LogP contribution < -0.4 is 14.8 Å². The molecule has 0 aliphatic heterocycles. The van der Waals surface area contributed by atoms with Crippen LogP contribution in [0, 0.1) is 6.92 Å². The molecule has 0 bridgehead atoms. The Morgan fingerprint density at radius 2 is 1.78 bits per heavy atom. The molecule has 0 unspecified atom stereocenters. The van der Waals surface area contributed by atoms with E-state index in [-0.39, 0.29) is 5.56 Å². The summed E-state index contributed by atoms with van der Waals surface area (Å²) in [6.07, 6.45) is 4.74. The Balaban J connectivity index is 2.31. The number of rotatable bonds is 8. The van der Waals surface area contributed by atoms with Crippen LogP contribution in [0.5, 0.6) is 11.5 Å². The summed E-state index contributed by atoms with van der Waals surface area (Å²) in [5.41, 5.74) is 2.08. The molecule has 0 atom stereocenters. The first kappa shape index (κ1) is 20.5. The zero-order valence-electron chi connectivity index (χ0n) is 14.6. The second-order valence-corrected chi connectivity index (χ2v) is 5.61. The topological polar surface area (TPSA) is 60.5 Å². The predicted molar refractivity (Wildman–Crippen MR) is 90.6 cm³/mol. The van der Waals surface area contributed by atoms with Crippen LogP contribution in [0.15, 0.2) is 30.6 Å². The average molecular weight is 386 g/mol. The average Bonchev–Trinajstić information content (AvgIpc) is 2.58. The maximum atomic E-state index is 12.5. The Labute approximate surface area is 153 Å². The van der Waals surface area contributed by atoms with E-state index < -0.39 is 30.6 Å². The van der Waals surface area contributed by atoms with Gasteiger partial charge in [0.2, 0.25) is 0 Å². The fraction of sp³-hybridized carbons (Fsp3) is 0.333. The van der Waals surface area contributed by atoms with Gasteiger partial charge in [-0.15, -0.1) is 0 Å². The Morgan fingerprint density at radius 3 is 2.41 bits per heavy atom. The van der Waals surface area contributed by atoms with Gasteiger partial charge in [-0.1, -0.05) is 13.3 Å². The summed E-state index contributed by atoms with van der Waals surface area (Å²) < 4.78 is 58.2. The molecule has 2 aromatic rings. The molecule has 0 spiro atoms. The van der Waals surface area contributed by atoms with Gasteiger partial charge >= 0.3 is 13.2 Å². The molecule has 0 saturated carbocycles. The molecule has 2 rings (SSSR count). The van der Waals surface area contributed by atoms with E-state index in [4.69, 9.17) is 0 Å². The lowest BCUT2D eigenvalue weighted by molar-refractivity contribution is -0.0692. The quantitative estimate of drug-likeness (QED) is 0.662. The summed E-state index contributed by atoms with van der Waals surface area (Å²) >= 11 is 0. The molecule has 146 valence electrons. The number of pyridine rings is 1. The number of anilines is 1. The lowest BCUT2D eigenvalue weighted by atomic mass is 10.1. The van der Waals surface area contributed by atoms with Crippen LogP contribution in [-0.2, 0) is 6.42 Å². The van der Waals surface area contributed by atoms with E-state index in [0.717, 1.165) is 29.7 Å². The molecule has 0 fully saturated rings. The Morgan fingerprint density at radius 1 is 1.11 bits per heavy atom. The van der Waals surface area contributed by atoms with E-state index in [1.807, 2.05) is 6.92 Å². The lowest BCUT2D eigenvalue weighted by Gasteiger charge is -2.15. The number of carbonyl (C=O) groups is 1. The summed E-state index contributed by atoms with van der Waals surface area (Å²) in [6, 6.07) is 3.09. The van der Waals surface area contributed by atoms with Crippen molar-refractivity contribution >= 4 is 11.6 Å². The Kier molecular flexibility index (Phi) is 6.98. The van der Waals surface area contributed by atoms with Gasteiger partial charge in [-0.2, -0.15) is 17.6 Å². The number of aryl methyl sites for hydroxylation is 2. The van der Waals surface area contributed by atoms with Crippen molar-refractivity contribution in [3.8, 4) is 11.5 Å².